The summed E-state index contributed by atoms with van der Waals surface area (Å²) in [6.07, 6.45) is 2.30. The molecule has 1 heterocycles. The van der Waals surface area contributed by atoms with E-state index in [-0.39, 0.29) is 17.5 Å². The fourth-order valence-electron chi connectivity index (χ4n) is 1.51. The summed E-state index contributed by atoms with van der Waals surface area (Å²) in [6, 6.07) is 4.40. The molecule has 5 nitrogen and oxygen atoms in total. The van der Waals surface area contributed by atoms with Crippen LogP contribution in [0.3, 0.4) is 0 Å². The van der Waals surface area contributed by atoms with E-state index in [9.17, 15) is 9.59 Å². The van der Waals surface area contributed by atoms with E-state index in [1.807, 2.05) is 13.8 Å². The van der Waals surface area contributed by atoms with Crippen LogP contribution in [0.2, 0.25) is 0 Å². The van der Waals surface area contributed by atoms with Crippen molar-refractivity contribution >= 4 is 11.9 Å². The van der Waals surface area contributed by atoms with Gasteiger partial charge in [0.1, 0.15) is 11.7 Å². The molecule has 0 aromatic carbocycles. The number of nitrogens with one attached hydrogen (secondary N) is 1. The minimum Gasteiger partial charge on any atom is -0.467 e. The monoisotopic (exact) mass is 250 g/mol. The molecule has 1 aromatic heterocycles. The van der Waals surface area contributed by atoms with Gasteiger partial charge in [-0.1, -0.05) is 26.3 Å². The van der Waals surface area contributed by atoms with Gasteiger partial charge >= 0.3 is 5.97 Å². The van der Waals surface area contributed by atoms with Crippen molar-refractivity contribution < 1.29 is 14.3 Å². The zero-order valence-corrected chi connectivity index (χ0v) is 10.8. The molecule has 0 spiro atoms. The third-order valence-electron chi connectivity index (χ3n) is 2.85. The molecule has 0 aliphatic carbocycles. The molecule has 1 unspecified atom stereocenters. The van der Waals surface area contributed by atoms with Crippen LogP contribution in [0.4, 0.5) is 0 Å². The molecule has 1 rings (SSSR count). The van der Waals surface area contributed by atoms with Crippen molar-refractivity contribution in [3.05, 3.63) is 30.1 Å². The number of pyridine rings is 1. The minimum atomic E-state index is -0.644. The average molecular weight is 250 g/mol. The lowest BCUT2D eigenvalue weighted by Crippen LogP contribution is -2.45. The predicted octanol–water partition coefficient (Wildman–Crippen LogP) is 1.40. The van der Waals surface area contributed by atoms with Crippen molar-refractivity contribution in [3.63, 3.8) is 0 Å². The third-order valence-corrected chi connectivity index (χ3v) is 2.85. The van der Waals surface area contributed by atoms with E-state index in [1.54, 1.807) is 18.2 Å². The van der Waals surface area contributed by atoms with Gasteiger partial charge in [-0.05, 0) is 18.1 Å². The standard InChI is InChI=1S/C13H18N2O3/c1-4-9(2)11(13(17)18-3)15-12(16)10-7-5-6-8-14-10/h5-9,11H,4H2,1-3H3,(H,15,16)/t9?,11-/m0/s1. The normalized spacial score (nSPS) is 13.5. The largest absolute Gasteiger partial charge is 0.467 e. The molecule has 98 valence electrons. The number of rotatable bonds is 5. The molecule has 1 N–H and O–H groups in total. The van der Waals surface area contributed by atoms with Crippen LogP contribution in [-0.2, 0) is 9.53 Å². The molecule has 18 heavy (non-hydrogen) atoms. The highest BCUT2D eigenvalue weighted by Crippen LogP contribution is 2.10. The Morgan fingerprint density at radius 1 is 1.44 bits per heavy atom. The molecule has 5 heteroatoms. The van der Waals surface area contributed by atoms with Crippen LogP contribution in [0.25, 0.3) is 0 Å². The Morgan fingerprint density at radius 2 is 2.17 bits per heavy atom. The van der Waals surface area contributed by atoms with Crippen LogP contribution < -0.4 is 5.32 Å². The average Bonchev–Trinajstić information content (AvgIpc) is 2.43. The van der Waals surface area contributed by atoms with Crippen LogP contribution in [-0.4, -0.2) is 30.0 Å². The summed E-state index contributed by atoms with van der Waals surface area (Å²) >= 11 is 0. The van der Waals surface area contributed by atoms with Gasteiger partial charge in [0.15, 0.2) is 0 Å². The van der Waals surface area contributed by atoms with E-state index in [1.165, 1.54) is 13.3 Å². The number of methoxy groups -OCH3 is 1. The molecule has 1 aromatic rings. The Kier molecular flexibility index (Phi) is 5.30. The van der Waals surface area contributed by atoms with Crippen molar-refractivity contribution in [2.24, 2.45) is 5.92 Å². The number of aromatic nitrogens is 1. The molecule has 2 atom stereocenters. The summed E-state index contributed by atoms with van der Waals surface area (Å²) in [5.41, 5.74) is 0.287. The second-order valence-corrected chi connectivity index (χ2v) is 4.07. The lowest BCUT2D eigenvalue weighted by atomic mass is 9.99. The molecule has 0 bridgehead atoms. The summed E-state index contributed by atoms with van der Waals surface area (Å²) in [5, 5.41) is 2.66. The highest BCUT2D eigenvalue weighted by molar-refractivity contribution is 5.95. The van der Waals surface area contributed by atoms with Gasteiger partial charge < -0.3 is 10.1 Å². The number of hydrogen-bond acceptors (Lipinski definition) is 4. The number of carbonyl (C=O) groups is 2. The quantitative estimate of drug-likeness (QED) is 0.802. The summed E-state index contributed by atoms with van der Waals surface area (Å²) < 4.78 is 4.70. The Hall–Kier alpha value is -1.91. The summed E-state index contributed by atoms with van der Waals surface area (Å²) in [7, 11) is 1.31. The number of esters is 1. The Balaban J connectivity index is 2.78. The number of carbonyl (C=O) groups excluding carboxylic acids is 2. The van der Waals surface area contributed by atoms with Crippen LogP contribution in [0.1, 0.15) is 30.8 Å². The summed E-state index contributed by atoms with van der Waals surface area (Å²) in [4.78, 5) is 27.5. The zero-order valence-electron chi connectivity index (χ0n) is 10.8. The van der Waals surface area contributed by atoms with Gasteiger partial charge in [0.25, 0.3) is 5.91 Å². The van der Waals surface area contributed by atoms with E-state index >= 15 is 0 Å². The number of hydrogen-bond donors (Lipinski definition) is 1. The van der Waals surface area contributed by atoms with E-state index in [4.69, 9.17) is 4.74 Å². The first-order valence-electron chi connectivity index (χ1n) is 5.89. The molecule has 0 saturated carbocycles. The van der Waals surface area contributed by atoms with Crippen molar-refractivity contribution in [2.45, 2.75) is 26.3 Å². The minimum absolute atomic E-state index is 0.00473. The van der Waals surface area contributed by atoms with Gasteiger partial charge in [-0.15, -0.1) is 0 Å². The Labute approximate surface area is 107 Å². The van der Waals surface area contributed by atoms with Crippen LogP contribution >= 0.6 is 0 Å². The summed E-state index contributed by atoms with van der Waals surface area (Å²) in [6.45, 7) is 3.84. The van der Waals surface area contributed by atoms with Gasteiger partial charge in [0, 0.05) is 6.20 Å². The number of nitrogens with zero attached hydrogens (tertiary/aromatic N) is 1. The fraction of sp³-hybridized carbons (Fsp3) is 0.462. The molecular formula is C13H18N2O3. The van der Waals surface area contributed by atoms with E-state index in [0.29, 0.717) is 0 Å². The zero-order chi connectivity index (χ0) is 13.5. The molecule has 0 saturated heterocycles. The van der Waals surface area contributed by atoms with Gasteiger partial charge in [-0.2, -0.15) is 0 Å². The van der Waals surface area contributed by atoms with Gasteiger partial charge in [-0.25, -0.2) is 4.79 Å². The lowest BCUT2D eigenvalue weighted by molar-refractivity contribution is -0.144. The van der Waals surface area contributed by atoms with Gasteiger partial charge in [0.05, 0.1) is 7.11 Å². The number of amides is 1. The molecule has 0 aliphatic heterocycles. The maximum Gasteiger partial charge on any atom is 0.328 e. The molecule has 1 amide bonds. The maximum absolute atomic E-state index is 11.9. The van der Waals surface area contributed by atoms with Crippen molar-refractivity contribution in [1.82, 2.24) is 10.3 Å². The highest BCUT2D eigenvalue weighted by Gasteiger charge is 2.27. The van der Waals surface area contributed by atoms with Gasteiger partial charge in [0.2, 0.25) is 0 Å². The van der Waals surface area contributed by atoms with Crippen LogP contribution in [0.15, 0.2) is 24.4 Å². The third kappa shape index (κ3) is 3.55. The molecule has 0 aliphatic rings. The van der Waals surface area contributed by atoms with Crippen molar-refractivity contribution in [1.29, 1.82) is 0 Å². The maximum atomic E-state index is 11.9. The Morgan fingerprint density at radius 3 is 2.67 bits per heavy atom. The predicted molar refractivity (Wildman–Crippen MR) is 67.0 cm³/mol. The first-order chi connectivity index (χ1) is 8.60. The van der Waals surface area contributed by atoms with E-state index in [2.05, 4.69) is 10.3 Å². The lowest BCUT2D eigenvalue weighted by Gasteiger charge is -2.21. The highest BCUT2D eigenvalue weighted by atomic mass is 16.5. The van der Waals surface area contributed by atoms with E-state index < -0.39 is 12.0 Å². The molecular weight excluding hydrogens is 232 g/mol. The second kappa shape index (κ2) is 6.74. The fourth-order valence-corrected chi connectivity index (χ4v) is 1.51. The summed E-state index contributed by atoms with van der Waals surface area (Å²) in [5.74, 6) is -0.801. The molecule has 0 radical (unpaired) electrons. The van der Waals surface area contributed by atoms with Crippen LogP contribution in [0, 0.1) is 5.92 Å². The smallest absolute Gasteiger partial charge is 0.328 e. The molecule has 0 fully saturated rings. The topological polar surface area (TPSA) is 68.3 Å². The van der Waals surface area contributed by atoms with E-state index in [0.717, 1.165) is 6.42 Å². The van der Waals surface area contributed by atoms with Gasteiger partial charge in [-0.3, -0.25) is 9.78 Å². The van der Waals surface area contributed by atoms with Crippen LogP contribution in [0.5, 0.6) is 0 Å². The first-order valence-corrected chi connectivity index (χ1v) is 5.89. The first kappa shape index (κ1) is 14.2. The van der Waals surface area contributed by atoms with Crippen molar-refractivity contribution in [2.75, 3.05) is 7.11 Å². The number of ether oxygens (including phenoxy) is 1. The van der Waals surface area contributed by atoms with Crippen molar-refractivity contribution in [3.8, 4) is 0 Å². The SMILES string of the molecule is CCC(C)[C@H](NC(=O)c1ccccn1)C(=O)OC. The second-order valence-electron chi connectivity index (χ2n) is 4.07. The Bertz CT molecular complexity index is 406.